The van der Waals surface area contributed by atoms with Crippen molar-refractivity contribution in [2.45, 2.75) is 128 Å². The van der Waals surface area contributed by atoms with Crippen LogP contribution in [0, 0.1) is 17.7 Å². The van der Waals surface area contributed by atoms with Gasteiger partial charge in [0.05, 0.1) is 13.0 Å². The zero-order valence-electron chi connectivity index (χ0n) is 24.5. The highest BCUT2D eigenvalue weighted by molar-refractivity contribution is 5.28. The zero-order chi connectivity index (χ0) is 28.4. The summed E-state index contributed by atoms with van der Waals surface area (Å²) in [5.41, 5.74) is 2.93. The Kier molecular flexibility index (Phi) is 11.8. The third-order valence-electron chi connectivity index (χ3n) is 9.52. The van der Waals surface area contributed by atoms with Gasteiger partial charge in [-0.25, -0.2) is 4.39 Å². The van der Waals surface area contributed by atoms with Crippen LogP contribution < -0.4 is 0 Å². The molecule has 0 heterocycles. The van der Waals surface area contributed by atoms with Crippen LogP contribution >= 0.6 is 0 Å². The van der Waals surface area contributed by atoms with Crippen LogP contribution in [-0.2, 0) is 17.8 Å². The molecule has 0 atom stereocenters. The van der Waals surface area contributed by atoms with Crippen molar-refractivity contribution in [3.63, 3.8) is 0 Å². The third-order valence-corrected chi connectivity index (χ3v) is 9.52. The number of alkyl halides is 2. The lowest BCUT2D eigenvalue weighted by atomic mass is 9.77. The Hall–Kier alpha value is -2.07. The topological polar surface area (TPSA) is 9.23 Å². The Bertz CT molecular complexity index is 1030. The average molecular weight is 555 g/mol. The fraction of sp³-hybridized carbons (Fsp3) is 0.611. The SMILES string of the molecule is C=CC1CCC(c2ccc(COC(F)(F)Cc3ccc(C4CCC(CCCCCCC)CC4)cc3)c(F)c2)CC1. The molecular weight excluding hydrogens is 505 g/mol. The summed E-state index contributed by atoms with van der Waals surface area (Å²) in [6.07, 6.45) is 15.3. The smallest absolute Gasteiger partial charge is 0.315 e. The van der Waals surface area contributed by atoms with Gasteiger partial charge in [-0.1, -0.05) is 87.9 Å². The first-order chi connectivity index (χ1) is 19.4. The number of rotatable bonds is 14. The second-order valence-corrected chi connectivity index (χ2v) is 12.5. The number of allylic oxidation sites excluding steroid dienone is 1. The van der Waals surface area contributed by atoms with Gasteiger partial charge in [0.1, 0.15) is 5.82 Å². The number of hydrogen-bond donors (Lipinski definition) is 0. The molecule has 0 bridgehead atoms. The molecule has 0 amide bonds. The molecule has 40 heavy (non-hydrogen) atoms. The average Bonchev–Trinajstić information content (AvgIpc) is 2.97. The number of ether oxygens (including phenoxy) is 1. The van der Waals surface area contributed by atoms with E-state index in [9.17, 15) is 13.2 Å². The van der Waals surface area contributed by atoms with Crippen molar-refractivity contribution in [1.82, 2.24) is 0 Å². The highest BCUT2D eigenvalue weighted by Crippen LogP contribution is 2.39. The first-order valence-corrected chi connectivity index (χ1v) is 15.9. The van der Waals surface area contributed by atoms with Crippen LogP contribution in [0.4, 0.5) is 13.2 Å². The van der Waals surface area contributed by atoms with Crippen LogP contribution in [0.1, 0.15) is 131 Å². The summed E-state index contributed by atoms with van der Waals surface area (Å²) in [6, 6.07) is 12.6. The van der Waals surface area contributed by atoms with E-state index in [1.54, 1.807) is 6.07 Å². The monoisotopic (exact) mass is 554 g/mol. The summed E-state index contributed by atoms with van der Waals surface area (Å²) in [7, 11) is 0. The Morgan fingerprint density at radius 2 is 1.45 bits per heavy atom. The van der Waals surface area contributed by atoms with Crippen molar-refractivity contribution in [3.05, 3.63) is 83.2 Å². The van der Waals surface area contributed by atoms with E-state index in [2.05, 4.69) is 13.5 Å². The van der Waals surface area contributed by atoms with E-state index < -0.39 is 25.0 Å². The van der Waals surface area contributed by atoms with Gasteiger partial charge in [-0.3, -0.25) is 0 Å². The normalized spacial score (nSPS) is 23.7. The molecule has 0 unspecified atom stereocenters. The van der Waals surface area contributed by atoms with Crippen molar-refractivity contribution in [1.29, 1.82) is 0 Å². The Balaban J connectivity index is 1.21. The Morgan fingerprint density at radius 1 is 0.825 bits per heavy atom. The van der Waals surface area contributed by atoms with E-state index in [1.165, 1.54) is 75.8 Å². The molecule has 1 nitrogen and oxygen atoms in total. The Morgan fingerprint density at radius 3 is 2.10 bits per heavy atom. The molecule has 0 N–H and O–H groups in total. The van der Waals surface area contributed by atoms with E-state index >= 15 is 0 Å². The summed E-state index contributed by atoms with van der Waals surface area (Å²) in [4.78, 5) is 0. The Labute approximate surface area is 240 Å². The predicted molar refractivity (Wildman–Crippen MR) is 159 cm³/mol. The maximum absolute atomic E-state index is 14.8. The molecule has 0 saturated heterocycles. The molecule has 0 aliphatic heterocycles. The van der Waals surface area contributed by atoms with Crippen LogP contribution in [0.15, 0.2) is 55.1 Å². The van der Waals surface area contributed by atoms with Crippen molar-refractivity contribution in [2.24, 2.45) is 11.8 Å². The zero-order valence-corrected chi connectivity index (χ0v) is 24.5. The van der Waals surface area contributed by atoms with Gasteiger partial charge in [0.15, 0.2) is 0 Å². The minimum atomic E-state index is -3.36. The minimum absolute atomic E-state index is 0.176. The molecule has 0 aromatic heterocycles. The van der Waals surface area contributed by atoms with E-state index in [0.29, 0.717) is 23.3 Å². The van der Waals surface area contributed by atoms with Crippen LogP contribution in [0.25, 0.3) is 0 Å². The van der Waals surface area contributed by atoms with Crippen molar-refractivity contribution in [3.8, 4) is 0 Å². The van der Waals surface area contributed by atoms with Crippen LogP contribution in [0.3, 0.4) is 0 Å². The van der Waals surface area contributed by atoms with Crippen molar-refractivity contribution < 1.29 is 17.9 Å². The van der Waals surface area contributed by atoms with E-state index in [4.69, 9.17) is 4.74 Å². The van der Waals surface area contributed by atoms with Gasteiger partial charge < -0.3 is 4.74 Å². The minimum Gasteiger partial charge on any atom is -0.315 e. The molecule has 2 aliphatic rings. The molecule has 2 aromatic rings. The van der Waals surface area contributed by atoms with E-state index in [-0.39, 0.29) is 5.56 Å². The van der Waals surface area contributed by atoms with Crippen molar-refractivity contribution >= 4 is 0 Å². The quantitative estimate of drug-likeness (QED) is 0.167. The van der Waals surface area contributed by atoms with Crippen LogP contribution in [-0.4, -0.2) is 6.11 Å². The van der Waals surface area contributed by atoms with Gasteiger partial charge in [0.25, 0.3) is 0 Å². The largest absolute Gasteiger partial charge is 0.360 e. The van der Waals surface area contributed by atoms with Gasteiger partial charge in [-0.15, -0.1) is 6.58 Å². The number of unbranched alkanes of at least 4 members (excludes halogenated alkanes) is 4. The maximum atomic E-state index is 14.8. The second kappa shape index (κ2) is 15.2. The summed E-state index contributed by atoms with van der Waals surface area (Å²) in [5, 5.41) is 0. The molecule has 2 aromatic carbocycles. The van der Waals surface area contributed by atoms with Gasteiger partial charge in [-0.2, -0.15) is 8.78 Å². The summed E-state index contributed by atoms with van der Waals surface area (Å²) < 4.78 is 49.1. The molecule has 4 heteroatoms. The van der Waals surface area contributed by atoms with Gasteiger partial charge in [0.2, 0.25) is 0 Å². The first-order valence-electron chi connectivity index (χ1n) is 15.9. The fourth-order valence-electron chi connectivity index (χ4n) is 6.82. The highest BCUT2D eigenvalue weighted by atomic mass is 19.3. The third kappa shape index (κ3) is 9.23. The van der Waals surface area contributed by atoms with Crippen molar-refractivity contribution in [2.75, 3.05) is 0 Å². The number of hydrogen-bond acceptors (Lipinski definition) is 1. The van der Waals surface area contributed by atoms with Crippen LogP contribution in [0.5, 0.6) is 0 Å². The second-order valence-electron chi connectivity index (χ2n) is 12.5. The summed E-state index contributed by atoms with van der Waals surface area (Å²) in [5.74, 6) is 1.79. The van der Waals surface area contributed by atoms with Gasteiger partial charge >= 0.3 is 6.11 Å². The lowest BCUT2D eigenvalue weighted by Gasteiger charge is -2.29. The molecule has 220 valence electrons. The maximum Gasteiger partial charge on any atom is 0.360 e. The fourth-order valence-corrected chi connectivity index (χ4v) is 6.82. The lowest BCUT2D eigenvalue weighted by Crippen LogP contribution is -2.24. The van der Waals surface area contributed by atoms with E-state index in [0.717, 1.165) is 37.2 Å². The molecular formula is C36H49F3O. The molecule has 0 radical (unpaired) electrons. The van der Waals surface area contributed by atoms with Crippen LogP contribution in [0.2, 0.25) is 0 Å². The first kappa shape index (κ1) is 30.9. The molecule has 2 fully saturated rings. The highest BCUT2D eigenvalue weighted by Gasteiger charge is 2.31. The molecule has 2 saturated carbocycles. The molecule has 0 spiro atoms. The predicted octanol–water partition coefficient (Wildman–Crippen LogP) is 11.3. The number of benzene rings is 2. The summed E-state index contributed by atoms with van der Waals surface area (Å²) in [6.45, 7) is 5.69. The molecule has 2 aliphatic carbocycles. The lowest BCUT2D eigenvalue weighted by molar-refractivity contribution is -0.244. The van der Waals surface area contributed by atoms with Gasteiger partial charge in [-0.05, 0) is 97.8 Å². The standard InChI is InChI=1S/C36H49F3O/c1-3-5-6-7-8-9-28-12-18-30(19-13-28)31-20-14-29(15-21-31)25-36(38,39)40-26-34-23-22-33(24-35(34)37)32-16-10-27(4-2)11-17-32/h4,14-15,20-24,27-28,30,32H,2-3,5-13,16-19,25-26H2,1H3. The summed E-state index contributed by atoms with van der Waals surface area (Å²) >= 11 is 0. The molecule has 4 rings (SSSR count). The van der Waals surface area contributed by atoms with Gasteiger partial charge in [0, 0.05) is 5.56 Å². The number of halogens is 3. The van der Waals surface area contributed by atoms with E-state index in [1.807, 2.05) is 36.4 Å².